The fourth-order valence-electron chi connectivity index (χ4n) is 3.51. The molecule has 1 fully saturated rings. The largest absolute Gasteiger partial charge is 0.446 e. The first-order valence-electron chi connectivity index (χ1n) is 9.14. The number of fused-ring (bicyclic) bond motifs is 1. The van der Waals surface area contributed by atoms with Gasteiger partial charge in [-0.3, -0.25) is 4.79 Å². The molecule has 0 radical (unpaired) electrons. The SMILES string of the molecule is Cc1cc(C(F)(F)F)cc(N2C(=O)OC[C@H]2C(=O)N(C)c2ccc3c(c2)COC3)n1. The van der Waals surface area contributed by atoms with E-state index in [1.807, 2.05) is 12.1 Å². The number of rotatable bonds is 3. The molecule has 1 saturated heterocycles. The van der Waals surface area contributed by atoms with Crippen LogP contribution >= 0.6 is 0 Å². The third-order valence-electron chi connectivity index (χ3n) is 5.10. The molecule has 0 bridgehead atoms. The van der Waals surface area contributed by atoms with Gasteiger partial charge in [0.05, 0.1) is 18.8 Å². The molecule has 2 aliphatic heterocycles. The Bertz CT molecular complexity index is 1020. The van der Waals surface area contributed by atoms with Gasteiger partial charge < -0.3 is 14.4 Å². The number of likely N-dealkylation sites (N-methyl/N-ethyl adjacent to an activating group) is 1. The van der Waals surface area contributed by atoms with Crippen LogP contribution in [0.1, 0.15) is 22.4 Å². The highest BCUT2D eigenvalue weighted by Crippen LogP contribution is 2.33. The van der Waals surface area contributed by atoms with E-state index in [0.29, 0.717) is 18.9 Å². The molecule has 1 aromatic carbocycles. The highest BCUT2D eigenvalue weighted by molar-refractivity contribution is 6.05. The van der Waals surface area contributed by atoms with Crippen molar-refractivity contribution in [3.8, 4) is 0 Å². The predicted molar refractivity (Wildman–Crippen MR) is 99.9 cm³/mol. The molecule has 0 saturated carbocycles. The fourth-order valence-corrected chi connectivity index (χ4v) is 3.51. The van der Waals surface area contributed by atoms with Crippen molar-refractivity contribution in [2.45, 2.75) is 32.4 Å². The number of alkyl halides is 3. The summed E-state index contributed by atoms with van der Waals surface area (Å²) in [6, 6.07) is 5.90. The number of nitrogens with zero attached hydrogens (tertiary/aromatic N) is 3. The molecule has 2 amide bonds. The molecule has 0 N–H and O–H groups in total. The monoisotopic (exact) mass is 421 g/mol. The van der Waals surface area contributed by atoms with Crippen LogP contribution in [0.4, 0.5) is 29.5 Å². The minimum absolute atomic E-state index is 0.0673. The topological polar surface area (TPSA) is 72.0 Å². The van der Waals surface area contributed by atoms with Gasteiger partial charge in [-0.1, -0.05) is 6.07 Å². The second-order valence-corrected chi connectivity index (χ2v) is 7.16. The Hall–Kier alpha value is -3.14. The lowest BCUT2D eigenvalue weighted by Gasteiger charge is -2.26. The summed E-state index contributed by atoms with van der Waals surface area (Å²) in [5.41, 5.74) is 1.68. The summed E-state index contributed by atoms with van der Waals surface area (Å²) in [5.74, 6) is -0.782. The van der Waals surface area contributed by atoms with Crippen LogP contribution in [-0.2, 0) is 33.7 Å². The second-order valence-electron chi connectivity index (χ2n) is 7.16. The first-order chi connectivity index (χ1) is 14.1. The van der Waals surface area contributed by atoms with Crippen molar-refractivity contribution in [2.75, 3.05) is 23.5 Å². The van der Waals surface area contributed by atoms with Gasteiger partial charge in [-0.2, -0.15) is 13.2 Å². The molecular formula is C20H18F3N3O4. The van der Waals surface area contributed by atoms with E-state index >= 15 is 0 Å². The maximum atomic E-state index is 13.2. The van der Waals surface area contributed by atoms with E-state index < -0.39 is 29.8 Å². The fraction of sp³-hybridized carbons (Fsp3) is 0.350. The van der Waals surface area contributed by atoms with Crippen molar-refractivity contribution in [1.82, 2.24) is 4.98 Å². The van der Waals surface area contributed by atoms with Crippen LogP contribution in [0.15, 0.2) is 30.3 Å². The number of ether oxygens (including phenoxy) is 2. The molecule has 0 spiro atoms. The molecule has 0 unspecified atom stereocenters. The Kier molecular flexibility index (Phi) is 4.89. The zero-order valence-corrected chi connectivity index (χ0v) is 16.2. The van der Waals surface area contributed by atoms with E-state index in [4.69, 9.17) is 9.47 Å². The summed E-state index contributed by atoms with van der Waals surface area (Å²) in [7, 11) is 1.53. The standard InChI is InChI=1S/C20H18F3N3O4/c1-11-5-14(20(21,22)23)7-17(24-11)26-16(10-30-19(26)28)18(27)25(2)15-4-3-12-8-29-9-13(12)6-15/h3-7,16H,8-10H2,1-2H3/t16-/m0/s1. The van der Waals surface area contributed by atoms with Crippen LogP contribution in [0.25, 0.3) is 0 Å². The lowest BCUT2D eigenvalue weighted by Crippen LogP contribution is -2.47. The van der Waals surface area contributed by atoms with Gasteiger partial charge in [0, 0.05) is 18.4 Å². The Labute approximate surface area is 170 Å². The second kappa shape index (κ2) is 7.28. The van der Waals surface area contributed by atoms with Crippen LogP contribution in [0.2, 0.25) is 0 Å². The lowest BCUT2D eigenvalue weighted by molar-refractivity contribution is -0.137. The van der Waals surface area contributed by atoms with Crippen LogP contribution < -0.4 is 9.80 Å². The number of cyclic esters (lactones) is 1. The normalized spacial score (nSPS) is 18.4. The molecular weight excluding hydrogens is 403 g/mol. The molecule has 2 aliphatic rings. The van der Waals surface area contributed by atoms with Crippen molar-refractivity contribution in [2.24, 2.45) is 0 Å². The number of anilines is 2. The summed E-state index contributed by atoms with van der Waals surface area (Å²) in [6.07, 6.45) is -5.54. The molecule has 30 heavy (non-hydrogen) atoms. The average Bonchev–Trinajstić information content (AvgIpc) is 3.31. The number of aromatic nitrogens is 1. The molecule has 4 rings (SSSR count). The molecule has 0 aliphatic carbocycles. The van der Waals surface area contributed by atoms with Gasteiger partial charge in [-0.15, -0.1) is 0 Å². The summed E-state index contributed by atoms with van der Waals surface area (Å²) >= 11 is 0. The number of hydrogen-bond donors (Lipinski definition) is 0. The van der Waals surface area contributed by atoms with Gasteiger partial charge in [0.25, 0.3) is 5.91 Å². The highest BCUT2D eigenvalue weighted by Gasteiger charge is 2.43. The Morgan fingerprint density at radius 1 is 1.20 bits per heavy atom. The maximum Gasteiger partial charge on any atom is 0.416 e. The van der Waals surface area contributed by atoms with Crippen LogP contribution in [-0.4, -0.2) is 36.7 Å². The summed E-state index contributed by atoms with van der Waals surface area (Å²) in [6.45, 7) is 2.05. The summed E-state index contributed by atoms with van der Waals surface area (Å²) < 4.78 is 49.9. The summed E-state index contributed by atoms with van der Waals surface area (Å²) in [5, 5.41) is 0. The number of halogens is 3. The van der Waals surface area contributed by atoms with Gasteiger partial charge in [0.2, 0.25) is 0 Å². The number of pyridine rings is 1. The zero-order valence-electron chi connectivity index (χ0n) is 16.2. The van der Waals surface area contributed by atoms with Gasteiger partial charge in [-0.05, 0) is 42.3 Å². The molecule has 10 heteroatoms. The third kappa shape index (κ3) is 3.58. The van der Waals surface area contributed by atoms with E-state index in [9.17, 15) is 22.8 Å². The predicted octanol–water partition coefficient (Wildman–Crippen LogP) is 3.43. The first-order valence-corrected chi connectivity index (χ1v) is 9.14. The third-order valence-corrected chi connectivity index (χ3v) is 5.10. The Balaban J connectivity index is 1.64. The van der Waals surface area contributed by atoms with Crippen molar-refractivity contribution >= 4 is 23.5 Å². The van der Waals surface area contributed by atoms with Gasteiger partial charge in [0.1, 0.15) is 12.4 Å². The molecule has 1 atom stereocenters. The number of hydrogen-bond acceptors (Lipinski definition) is 5. The van der Waals surface area contributed by atoms with Gasteiger partial charge in [-0.25, -0.2) is 14.7 Å². The van der Waals surface area contributed by atoms with Gasteiger partial charge in [0.15, 0.2) is 6.04 Å². The van der Waals surface area contributed by atoms with Crippen molar-refractivity contribution in [1.29, 1.82) is 0 Å². The number of aryl methyl sites for hydroxylation is 1. The van der Waals surface area contributed by atoms with Gasteiger partial charge >= 0.3 is 12.3 Å². The number of carbonyl (C=O) groups is 2. The van der Waals surface area contributed by atoms with E-state index in [1.165, 1.54) is 18.9 Å². The lowest BCUT2D eigenvalue weighted by atomic mass is 10.1. The molecule has 158 valence electrons. The van der Waals surface area contributed by atoms with E-state index in [2.05, 4.69) is 4.98 Å². The van der Waals surface area contributed by atoms with Crippen molar-refractivity contribution in [3.63, 3.8) is 0 Å². The minimum atomic E-state index is -4.62. The highest BCUT2D eigenvalue weighted by atomic mass is 19.4. The van der Waals surface area contributed by atoms with E-state index in [-0.39, 0.29) is 18.1 Å². The Morgan fingerprint density at radius 2 is 1.93 bits per heavy atom. The quantitative estimate of drug-likeness (QED) is 0.760. The molecule has 1 aromatic heterocycles. The number of benzene rings is 1. The molecule has 2 aromatic rings. The van der Waals surface area contributed by atoms with Crippen LogP contribution in [0, 0.1) is 6.92 Å². The first kappa shape index (κ1) is 20.1. The molecule has 7 nitrogen and oxygen atoms in total. The van der Waals surface area contributed by atoms with E-state index in [0.717, 1.165) is 28.2 Å². The smallest absolute Gasteiger partial charge is 0.416 e. The minimum Gasteiger partial charge on any atom is -0.446 e. The zero-order chi connectivity index (χ0) is 21.6. The van der Waals surface area contributed by atoms with Crippen LogP contribution in [0.5, 0.6) is 0 Å². The van der Waals surface area contributed by atoms with E-state index in [1.54, 1.807) is 6.07 Å². The summed E-state index contributed by atoms with van der Waals surface area (Å²) in [4.78, 5) is 31.6. The maximum absolute atomic E-state index is 13.2. The molecule has 3 heterocycles. The average molecular weight is 421 g/mol. The number of amides is 2. The van der Waals surface area contributed by atoms with Crippen molar-refractivity contribution in [3.05, 3.63) is 52.7 Å². The Morgan fingerprint density at radius 3 is 2.67 bits per heavy atom. The van der Waals surface area contributed by atoms with Crippen LogP contribution in [0.3, 0.4) is 0 Å². The number of carbonyl (C=O) groups excluding carboxylic acids is 2. The van der Waals surface area contributed by atoms with Crippen molar-refractivity contribution < 1.29 is 32.2 Å².